The van der Waals surface area contributed by atoms with Crippen LogP contribution in [0.1, 0.15) is 25.5 Å². The van der Waals surface area contributed by atoms with E-state index in [1.807, 2.05) is 7.05 Å². The van der Waals surface area contributed by atoms with Crippen LogP contribution in [0.15, 0.2) is 0 Å². The van der Waals surface area contributed by atoms with E-state index in [1.165, 1.54) is 11.5 Å². The van der Waals surface area contributed by atoms with Crippen molar-refractivity contribution >= 4 is 26.4 Å². The molecule has 0 radical (unpaired) electrons. The SMILES string of the molecule is CCCNc1snnc1CN(C)C1CCS(=O)(=O)C1. The van der Waals surface area contributed by atoms with Gasteiger partial charge >= 0.3 is 0 Å². The van der Waals surface area contributed by atoms with E-state index in [4.69, 9.17) is 0 Å². The maximum Gasteiger partial charge on any atom is 0.151 e. The van der Waals surface area contributed by atoms with Crippen molar-refractivity contribution in [3.05, 3.63) is 5.69 Å². The molecule has 0 amide bonds. The molecule has 0 aliphatic carbocycles. The summed E-state index contributed by atoms with van der Waals surface area (Å²) in [5.41, 5.74) is 0.908. The molecule has 1 saturated heterocycles. The van der Waals surface area contributed by atoms with Crippen molar-refractivity contribution in [3.8, 4) is 0 Å². The fourth-order valence-corrected chi connectivity index (χ4v) is 4.58. The Morgan fingerprint density at radius 2 is 2.32 bits per heavy atom. The highest BCUT2D eigenvalue weighted by molar-refractivity contribution is 7.91. The molecular weight excluding hydrogens is 284 g/mol. The van der Waals surface area contributed by atoms with Gasteiger partial charge in [-0.1, -0.05) is 11.4 Å². The van der Waals surface area contributed by atoms with Gasteiger partial charge in [0.05, 0.1) is 11.5 Å². The van der Waals surface area contributed by atoms with E-state index >= 15 is 0 Å². The number of sulfone groups is 1. The molecule has 0 saturated carbocycles. The number of hydrogen-bond donors (Lipinski definition) is 1. The van der Waals surface area contributed by atoms with Gasteiger partial charge in [0, 0.05) is 30.7 Å². The Labute approximate surface area is 118 Å². The molecule has 6 nitrogen and oxygen atoms in total. The van der Waals surface area contributed by atoms with E-state index in [0.29, 0.717) is 18.7 Å². The van der Waals surface area contributed by atoms with E-state index in [-0.39, 0.29) is 11.8 Å². The second-order valence-electron chi connectivity index (χ2n) is 4.95. The highest BCUT2D eigenvalue weighted by atomic mass is 32.2. The largest absolute Gasteiger partial charge is 0.374 e. The van der Waals surface area contributed by atoms with Gasteiger partial charge in [0.2, 0.25) is 0 Å². The average Bonchev–Trinajstić information content (AvgIpc) is 2.93. The fraction of sp³-hybridized carbons (Fsp3) is 0.818. The number of nitrogens with one attached hydrogen (secondary N) is 1. The minimum Gasteiger partial charge on any atom is -0.374 e. The third-order valence-corrected chi connectivity index (χ3v) is 5.80. The minimum atomic E-state index is -2.83. The van der Waals surface area contributed by atoms with E-state index in [2.05, 4.69) is 26.7 Å². The Balaban J connectivity index is 1.95. The Morgan fingerprint density at radius 1 is 1.53 bits per heavy atom. The van der Waals surface area contributed by atoms with Crippen molar-refractivity contribution in [2.75, 3.05) is 30.4 Å². The molecule has 1 fully saturated rings. The van der Waals surface area contributed by atoms with Crippen LogP contribution in [0.3, 0.4) is 0 Å². The highest BCUT2D eigenvalue weighted by Crippen LogP contribution is 2.22. The Bertz CT molecular complexity index is 515. The summed E-state index contributed by atoms with van der Waals surface area (Å²) >= 11 is 1.36. The first-order chi connectivity index (χ1) is 9.02. The first-order valence-electron chi connectivity index (χ1n) is 6.47. The Hall–Kier alpha value is -0.730. The molecule has 1 unspecified atom stereocenters. The van der Waals surface area contributed by atoms with Gasteiger partial charge < -0.3 is 5.32 Å². The first kappa shape index (κ1) is 14.7. The van der Waals surface area contributed by atoms with Crippen LogP contribution in [0.25, 0.3) is 0 Å². The summed E-state index contributed by atoms with van der Waals surface area (Å²) in [5, 5.41) is 8.43. The predicted octanol–water partition coefficient (Wildman–Crippen LogP) is 0.979. The van der Waals surface area contributed by atoms with Crippen LogP contribution in [0, 0.1) is 0 Å². The van der Waals surface area contributed by atoms with Crippen molar-refractivity contribution in [3.63, 3.8) is 0 Å². The zero-order chi connectivity index (χ0) is 13.9. The normalized spacial score (nSPS) is 21.9. The van der Waals surface area contributed by atoms with Crippen molar-refractivity contribution in [2.45, 2.75) is 32.4 Å². The van der Waals surface area contributed by atoms with Crippen LogP contribution in [-0.4, -0.2) is 54.0 Å². The lowest BCUT2D eigenvalue weighted by atomic mass is 10.2. The average molecular weight is 304 g/mol. The van der Waals surface area contributed by atoms with Gasteiger partial charge in [-0.25, -0.2) is 8.42 Å². The number of anilines is 1. The molecule has 1 atom stereocenters. The number of nitrogens with zero attached hydrogens (tertiary/aromatic N) is 3. The van der Waals surface area contributed by atoms with E-state index in [1.54, 1.807) is 0 Å². The quantitative estimate of drug-likeness (QED) is 0.844. The molecule has 0 aromatic carbocycles. The monoisotopic (exact) mass is 304 g/mol. The van der Waals surface area contributed by atoms with E-state index in [0.717, 1.165) is 23.7 Å². The summed E-state index contributed by atoms with van der Waals surface area (Å²) in [5.74, 6) is 0.567. The van der Waals surface area contributed by atoms with Gasteiger partial charge in [-0.2, -0.15) is 0 Å². The Kier molecular flexibility index (Phi) is 4.75. The molecule has 2 heterocycles. The van der Waals surface area contributed by atoms with Crippen LogP contribution >= 0.6 is 11.5 Å². The number of hydrogen-bond acceptors (Lipinski definition) is 7. The molecule has 2 rings (SSSR count). The molecule has 0 spiro atoms. The molecule has 1 aromatic heterocycles. The smallest absolute Gasteiger partial charge is 0.151 e. The predicted molar refractivity (Wildman–Crippen MR) is 77.2 cm³/mol. The second-order valence-corrected chi connectivity index (χ2v) is 7.93. The second kappa shape index (κ2) is 6.15. The van der Waals surface area contributed by atoms with Crippen LogP contribution in [0.2, 0.25) is 0 Å². The minimum absolute atomic E-state index is 0.103. The third-order valence-electron chi connectivity index (χ3n) is 3.32. The molecule has 108 valence electrons. The maximum atomic E-state index is 11.5. The van der Waals surface area contributed by atoms with Gasteiger partial charge in [-0.3, -0.25) is 4.90 Å². The summed E-state index contributed by atoms with van der Waals surface area (Å²) in [6.07, 6.45) is 1.77. The zero-order valence-corrected chi connectivity index (χ0v) is 12.9. The molecule has 1 N–H and O–H groups in total. The van der Waals surface area contributed by atoms with Crippen molar-refractivity contribution in [2.24, 2.45) is 0 Å². The number of rotatable bonds is 6. The van der Waals surface area contributed by atoms with Crippen LogP contribution in [-0.2, 0) is 16.4 Å². The molecule has 8 heteroatoms. The molecule has 19 heavy (non-hydrogen) atoms. The summed E-state index contributed by atoms with van der Waals surface area (Å²) in [6.45, 7) is 3.65. The standard InChI is InChI=1S/C11H20N4O2S2/c1-3-5-12-11-10(13-14-18-11)7-15(2)9-4-6-19(16,17)8-9/h9,12H,3-8H2,1-2H3. The fourth-order valence-electron chi connectivity index (χ4n) is 2.17. The van der Waals surface area contributed by atoms with E-state index < -0.39 is 9.84 Å². The van der Waals surface area contributed by atoms with Crippen molar-refractivity contribution in [1.82, 2.24) is 14.5 Å². The van der Waals surface area contributed by atoms with Gasteiger partial charge in [0.1, 0.15) is 10.7 Å². The topological polar surface area (TPSA) is 75.2 Å². The third kappa shape index (κ3) is 3.87. The first-order valence-corrected chi connectivity index (χ1v) is 9.07. The lowest BCUT2D eigenvalue weighted by molar-refractivity contribution is 0.251. The lowest BCUT2D eigenvalue weighted by Gasteiger charge is -2.22. The summed E-state index contributed by atoms with van der Waals surface area (Å²) < 4.78 is 26.9. The van der Waals surface area contributed by atoms with Crippen LogP contribution in [0.4, 0.5) is 5.00 Å². The maximum absolute atomic E-state index is 11.5. The summed E-state index contributed by atoms with van der Waals surface area (Å²) in [6, 6.07) is 0.103. The van der Waals surface area contributed by atoms with Crippen LogP contribution in [0.5, 0.6) is 0 Å². The van der Waals surface area contributed by atoms with E-state index in [9.17, 15) is 8.42 Å². The summed E-state index contributed by atoms with van der Waals surface area (Å²) in [4.78, 5) is 2.07. The molecule has 1 aliphatic heterocycles. The number of aromatic nitrogens is 2. The van der Waals surface area contributed by atoms with Gasteiger partial charge in [0.25, 0.3) is 0 Å². The highest BCUT2D eigenvalue weighted by Gasteiger charge is 2.31. The van der Waals surface area contributed by atoms with Gasteiger partial charge in [-0.05, 0) is 19.9 Å². The molecule has 1 aliphatic rings. The molecule has 1 aromatic rings. The van der Waals surface area contributed by atoms with Crippen molar-refractivity contribution < 1.29 is 8.42 Å². The van der Waals surface area contributed by atoms with Crippen molar-refractivity contribution in [1.29, 1.82) is 0 Å². The van der Waals surface area contributed by atoms with Gasteiger partial charge in [-0.15, -0.1) is 5.10 Å². The van der Waals surface area contributed by atoms with Crippen LogP contribution < -0.4 is 5.32 Å². The van der Waals surface area contributed by atoms with Gasteiger partial charge in [0.15, 0.2) is 9.84 Å². The molecular formula is C11H20N4O2S2. The molecule has 0 bridgehead atoms. The summed E-state index contributed by atoms with van der Waals surface area (Å²) in [7, 11) is -0.882. The Morgan fingerprint density at radius 3 is 2.95 bits per heavy atom. The lowest BCUT2D eigenvalue weighted by Crippen LogP contribution is -2.32. The zero-order valence-electron chi connectivity index (χ0n) is 11.3.